The smallest absolute Gasteiger partial charge is 0.239 e. The van der Waals surface area contributed by atoms with Crippen LogP contribution in [0, 0.1) is 18.3 Å². The summed E-state index contributed by atoms with van der Waals surface area (Å²) in [7, 11) is 0. The molecule has 124 valence electrons. The van der Waals surface area contributed by atoms with Crippen molar-refractivity contribution < 1.29 is 4.79 Å². The number of fused-ring (bicyclic) bond motifs is 1. The Labute approximate surface area is 148 Å². The molecule has 2 aromatic rings. The summed E-state index contributed by atoms with van der Waals surface area (Å²) in [6.45, 7) is 3.79. The average molecular weight is 359 g/mol. The summed E-state index contributed by atoms with van der Waals surface area (Å²) in [5.74, 6) is -0.134. The number of aryl methyl sites for hydroxylation is 3. The molecule has 24 heavy (non-hydrogen) atoms. The quantitative estimate of drug-likeness (QED) is 0.825. The van der Waals surface area contributed by atoms with Gasteiger partial charge >= 0.3 is 0 Å². The highest BCUT2D eigenvalue weighted by Gasteiger charge is 2.23. The Morgan fingerprint density at radius 3 is 3.00 bits per heavy atom. The van der Waals surface area contributed by atoms with Gasteiger partial charge in [0.1, 0.15) is 16.1 Å². The van der Waals surface area contributed by atoms with Gasteiger partial charge in [-0.25, -0.2) is 4.98 Å². The molecule has 1 unspecified atom stereocenters. The number of aromatic nitrogens is 3. The van der Waals surface area contributed by atoms with Gasteiger partial charge in [-0.1, -0.05) is 30.0 Å². The van der Waals surface area contributed by atoms with Gasteiger partial charge in [-0.2, -0.15) is 5.26 Å². The zero-order chi connectivity index (χ0) is 17.1. The Bertz CT molecular complexity index is 811. The van der Waals surface area contributed by atoms with Gasteiger partial charge in [0.25, 0.3) is 0 Å². The van der Waals surface area contributed by atoms with E-state index in [2.05, 4.69) is 26.6 Å². The molecule has 8 heteroatoms. The molecule has 0 radical (unpaired) electrons. The number of hydrogen-bond donors (Lipinski definition) is 1. The molecule has 0 aliphatic heterocycles. The molecular formula is C16H17N5OS2. The Kier molecular flexibility index (Phi) is 5.11. The number of carbonyl (C=O) groups is 1. The molecular weight excluding hydrogens is 342 g/mol. The molecule has 0 spiro atoms. The Morgan fingerprint density at radius 2 is 2.33 bits per heavy atom. The van der Waals surface area contributed by atoms with E-state index in [0.717, 1.165) is 35.5 Å². The van der Waals surface area contributed by atoms with Crippen LogP contribution in [0.25, 0.3) is 0 Å². The third-order valence-electron chi connectivity index (χ3n) is 3.81. The van der Waals surface area contributed by atoms with Crippen molar-refractivity contribution in [2.45, 2.75) is 49.8 Å². The number of amides is 1. The maximum absolute atomic E-state index is 12.5. The SMILES string of the molecule is CCC(Sc1nc2c(cc1C#N)CCC2)C(=O)Nc1nnc(C)s1. The van der Waals surface area contributed by atoms with Crippen LogP contribution < -0.4 is 5.32 Å². The molecule has 0 saturated carbocycles. The number of thioether (sulfide) groups is 1. The number of nitriles is 1. The third kappa shape index (κ3) is 3.57. The van der Waals surface area contributed by atoms with E-state index in [0.29, 0.717) is 22.1 Å². The van der Waals surface area contributed by atoms with Crippen LogP contribution in [0.1, 0.15) is 41.6 Å². The summed E-state index contributed by atoms with van der Waals surface area (Å²) >= 11 is 2.69. The number of nitrogens with one attached hydrogen (secondary N) is 1. The lowest BCUT2D eigenvalue weighted by Crippen LogP contribution is -2.24. The molecule has 2 heterocycles. The second kappa shape index (κ2) is 7.28. The van der Waals surface area contributed by atoms with Crippen LogP contribution in [0.5, 0.6) is 0 Å². The first-order valence-corrected chi connectivity index (χ1v) is 9.50. The number of anilines is 1. The molecule has 6 nitrogen and oxygen atoms in total. The first-order valence-electron chi connectivity index (χ1n) is 7.81. The van der Waals surface area contributed by atoms with Gasteiger partial charge in [0.2, 0.25) is 11.0 Å². The highest BCUT2D eigenvalue weighted by molar-refractivity contribution is 8.00. The van der Waals surface area contributed by atoms with Crippen molar-refractivity contribution in [2.75, 3.05) is 5.32 Å². The van der Waals surface area contributed by atoms with Crippen LogP contribution in [-0.2, 0) is 17.6 Å². The molecule has 1 N–H and O–H groups in total. The van der Waals surface area contributed by atoms with Crippen molar-refractivity contribution in [1.29, 1.82) is 5.26 Å². The summed E-state index contributed by atoms with van der Waals surface area (Å²) < 4.78 is 0. The lowest BCUT2D eigenvalue weighted by molar-refractivity contribution is -0.115. The van der Waals surface area contributed by atoms with Gasteiger partial charge in [0, 0.05) is 5.69 Å². The molecule has 3 rings (SSSR count). The highest BCUT2D eigenvalue weighted by atomic mass is 32.2. The van der Waals surface area contributed by atoms with Gasteiger partial charge < -0.3 is 0 Å². The molecule has 0 aromatic carbocycles. The highest BCUT2D eigenvalue weighted by Crippen LogP contribution is 2.31. The van der Waals surface area contributed by atoms with Crippen molar-refractivity contribution in [1.82, 2.24) is 15.2 Å². The normalized spacial score (nSPS) is 14.0. The van der Waals surface area contributed by atoms with Crippen LogP contribution in [0.4, 0.5) is 5.13 Å². The van der Waals surface area contributed by atoms with Crippen molar-refractivity contribution in [3.05, 3.63) is 27.9 Å². The fourth-order valence-corrected chi connectivity index (χ4v) is 4.20. The number of hydrogen-bond acceptors (Lipinski definition) is 7. The van der Waals surface area contributed by atoms with Crippen LogP contribution in [-0.4, -0.2) is 26.3 Å². The van der Waals surface area contributed by atoms with Crippen molar-refractivity contribution in [3.63, 3.8) is 0 Å². The van der Waals surface area contributed by atoms with Gasteiger partial charge in [-0.15, -0.1) is 10.2 Å². The predicted molar refractivity (Wildman–Crippen MR) is 94.2 cm³/mol. The van der Waals surface area contributed by atoms with Crippen LogP contribution in [0.15, 0.2) is 11.1 Å². The van der Waals surface area contributed by atoms with E-state index in [1.54, 1.807) is 0 Å². The Morgan fingerprint density at radius 1 is 1.50 bits per heavy atom. The molecule has 0 saturated heterocycles. The van der Waals surface area contributed by atoms with Gasteiger partial charge in [0.15, 0.2) is 0 Å². The summed E-state index contributed by atoms with van der Waals surface area (Å²) in [4.78, 5) is 17.1. The van der Waals surface area contributed by atoms with E-state index in [4.69, 9.17) is 0 Å². The Hall–Kier alpha value is -1.98. The van der Waals surface area contributed by atoms with Gasteiger partial charge in [-0.3, -0.25) is 10.1 Å². The third-order valence-corrected chi connectivity index (χ3v) is 5.93. The summed E-state index contributed by atoms with van der Waals surface area (Å²) in [6, 6.07) is 4.14. The fraction of sp³-hybridized carbons (Fsp3) is 0.438. The number of carbonyl (C=O) groups excluding carboxylic acids is 1. The molecule has 1 atom stereocenters. The largest absolute Gasteiger partial charge is 0.300 e. The average Bonchev–Trinajstić information content (AvgIpc) is 3.19. The molecule has 2 aromatic heterocycles. The van der Waals surface area contributed by atoms with E-state index in [-0.39, 0.29) is 11.2 Å². The van der Waals surface area contributed by atoms with Crippen LogP contribution in [0.3, 0.4) is 0 Å². The minimum absolute atomic E-state index is 0.134. The first kappa shape index (κ1) is 16.9. The van der Waals surface area contributed by atoms with Crippen molar-refractivity contribution >= 4 is 34.1 Å². The van der Waals surface area contributed by atoms with E-state index < -0.39 is 0 Å². The second-order valence-electron chi connectivity index (χ2n) is 5.54. The van der Waals surface area contributed by atoms with Gasteiger partial charge in [-0.05, 0) is 44.2 Å². The monoisotopic (exact) mass is 359 g/mol. The summed E-state index contributed by atoms with van der Waals surface area (Å²) in [5, 5.41) is 21.6. The molecule has 1 amide bonds. The van der Waals surface area contributed by atoms with Crippen molar-refractivity contribution in [3.8, 4) is 6.07 Å². The molecule has 1 aliphatic carbocycles. The fourth-order valence-electron chi connectivity index (χ4n) is 2.61. The van der Waals surface area contributed by atoms with E-state index >= 15 is 0 Å². The lowest BCUT2D eigenvalue weighted by Gasteiger charge is -2.14. The summed E-state index contributed by atoms with van der Waals surface area (Å²) in [6.07, 6.45) is 3.64. The zero-order valence-electron chi connectivity index (χ0n) is 13.5. The number of rotatable bonds is 5. The second-order valence-corrected chi connectivity index (χ2v) is 7.92. The number of pyridine rings is 1. The molecule has 0 bridgehead atoms. The topological polar surface area (TPSA) is 91.6 Å². The molecule has 1 aliphatic rings. The van der Waals surface area contributed by atoms with Gasteiger partial charge in [0.05, 0.1) is 10.8 Å². The maximum Gasteiger partial charge on any atom is 0.239 e. The molecule has 0 fully saturated rings. The first-order chi connectivity index (χ1) is 11.6. The standard InChI is InChI=1S/C16H17N5OS2/c1-3-13(14(22)19-16-21-20-9(2)23-16)24-15-11(8-17)7-10-5-4-6-12(10)18-15/h7,13H,3-6H2,1-2H3,(H,19,21,22). The Balaban J connectivity index is 1.78. The summed E-state index contributed by atoms with van der Waals surface area (Å²) in [5.41, 5.74) is 2.78. The minimum Gasteiger partial charge on any atom is -0.300 e. The van der Waals surface area contributed by atoms with Crippen molar-refractivity contribution in [2.24, 2.45) is 0 Å². The zero-order valence-corrected chi connectivity index (χ0v) is 15.1. The van der Waals surface area contributed by atoms with E-state index in [1.807, 2.05) is 19.9 Å². The maximum atomic E-state index is 12.5. The van der Waals surface area contributed by atoms with Crippen LogP contribution >= 0.6 is 23.1 Å². The van der Waals surface area contributed by atoms with Crippen LogP contribution in [0.2, 0.25) is 0 Å². The lowest BCUT2D eigenvalue weighted by atomic mass is 10.2. The number of nitrogens with zero attached hydrogens (tertiary/aromatic N) is 4. The minimum atomic E-state index is -0.326. The van der Waals surface area contributed by atoms with E-state index in [1.165, 1.54) is 23.1 Å². The predicted octanol–water partition coefficient (Wildman–Crippen LogP) is 3.11. The van der Waals surface area contributed by atoms with E-state index in [9.17, 15) is 10.1 Å².